The second-order valence-electron chi connectivity index (χ2n) is 6.80. The second kappa shape index (κ2) is 9.00. The molecule has 0 atom stereocenters. The number of aromatic nitrogens is 2. The first-order chi connectivity index (χ1) is 14.6. The first-order valence-electron chi connectivity index (χ1n) is 9.54. The normalized spacial score (nSPS) is 13.9. The van der Waals surface area contributed by atoms with Crippen LogP contribution in [0.15, 0.2) is 69.5 Å². The maximum atomic E-state index is 12.7. The molecule has 4 rings (SSSR count). The van der Waals surface area contributed by atoms with Gasteiger partial charge in [-0.1, -0.05) is 0 Å². The molecule has 1 fully saturated rings. The van der Waals surface area contributed by atoms with Gasteiger partial charge in [0.05, 0.1) is 6.26 Å². The van der Waals surface area contributed by atoms with Gasteiger partial charge in [0.2, 0.25) is 0 Å². The zero-order valence-corrected chi connectivity index (χ0v) is 17.3. The third-order valence-corrected chi connectivity index (χ3v) is 5.66. The minimum absolute atomic E-state index is 0.147. The summed E-state index contributed by atoms with van der Waals surface area (Å²) in [6, 6.07) is 10.8. The Bertz CT molecular complexity index is 1020. The van der Waals surface area contributed by atoms with E-state index in [-0.39, 0.29) is 11.9 Å². The van der Waals surface area contributed by atoms with Gasteiger partial charge < -0.3 is 19.5 Å². The number of rotatable bonds is 4. The zero-order valence-electron chi connectivity index (χ0n) is 16.4. The highest BCUT2D eigenvalue weighted by atomic mass is 32.2. The molecule has 1 aliphatic heterocycles. The maximum absolute atomic E-state index is 12.7. The monoisotopic (exact) mass is 423 g/mol. The molecule has 0 bridgehead atoms. The number of aryl methyl sites for hydroxylation is 1. The summed E-state index contributed by atoms with van der Waals surface area (Å²) in [4.78, 5) is 37.8. The van der Waals surface area contributed by atoms with Crippen LogP contribution >= 0.6 is 11.8 Å². The van der Waals surface area contributed by atoms with Crippen molar-refractivity contribution < 1.29 is 14.0 Å². The molecule has 1 saturated heterocycles. The summed E-state index contributed by atoms with van der Waals surface area (Å²) in [5.74, 6) is 0.175. The lowest BCUT2D eigenvalue weighted by Crippen LogP contribution is -2.51. The molecule has 0 unspecified atom stereocenters. The lowest BCUT2D eigenvalue weighted by Gasteiger charge is -2.34. The Balaban J connectivity index is 1.32. The van der Waals surface area contributed by atoms with Crippen LogP contribution in [0.25, 0.3) is 0 Å². The van der Waals surface area contributed by atoms with Gasteiger partial charge in [0, 0.05) is 49.2 Å². The molecule has 30 heavy (non-hydrogen) atoms. The molecule has 1 aliphatic rings. The van der Waals surface area contributed by atoms with E-state index in [4.69, 9.17) is 4.42 Å². The third kappa shape index (κ3) is 4.62. The van der Waals surface area contributed by atoms with Gasteiger partial charge in [0.15, 0.2) is 10.9 Å². The molecule has 9 heteroatoms. The van der Waals surface area contributed by atoms with Gasteiger partial charge in [0.1, 0.15) is 0 Å². The number of carbonyl (C=O) groups excluding carboxylic acids is 2. The molecule has 1 aromatic carbocycles. The van der Waals surface area contributed by atoms with Crippen molar-refractivity contribution in [1.82, 2.24) is 19.8 Å². The van der Waals surface area contributed by atoms with Crippen LogP contribution in [0, 0.1) is 6.92 Å². The minimum atomic E-state index is -0.171. The van der Waals surface area contributed by atoms with E-state index in [0.29, 0.717) is 37.1 Å². The first-order valence-corrected chi connectivity index (χ1v) is 10.4. The molecular weight excluding hydrogens is 402 g/mol. The predicted molar refractivity (Wildman–Crippen MR) is 113 cm³/mol. The van der Waals surface area contributed by atoms with Gasteiger partial charge >= 0.3 is 6.03 Å². The smallest absolute Gasteiger partial charge is 0.321 e. The highest BCUT2D eigenvalue weighted by Gasteiger charge is 2.26. The standard InChI is InChI=1S/C21H21N5O3S/c1-15-14-16(30-20-22-7-3-8-23-20)5-6-17(15)24-21(28)26-11-9-25(10-12-26)19(27)18-4-2-13-29-18/h2-8,13-14H,9-12H2,1H3,(H,24,28). The van der Waals surface area contributed by atoms with Gasteiger partial charge in [-0.2, -0.15) is 0 Å². The van der Waals surface area contributed by atoms with Crippen LogP contribution in [-0.2, 0) is 0 Å². The van der Waals surface area contributed by atoms with Crippen molar-refractivity contribution in [3.63, 3.8) is 0 Å². The number of furan rings is 1. The van der Waals surface area contributed by atoms with Crippen molar-refractivity contribution in [3.8, 4) is 0 Å². The van der Waals surface area contributed by atoms with Crippen LogP contribution in [0.5, 0.6) is 0 Å². The highest BCUT2D eigenvalue weighted by molar-refractivity contribution is 7.99. The number of benzene rings is 1. The van der Waals surface area contributed by atoms with Gasteiger partial charge in [-0.05, 0) is 60.6 Å². The number of nitrogens with zero attached hydrogens (tertiary/aromatic N) is 4. The largest absolute Gasteiger partial charge is 0.459 e. The number of hydrogen-bond acceptors (Lipinski definition) is 6. The predicted octanol–water partition coefficient (Wildman–Crippen LogP) is 3.52. The maximum Gasteiger partial charge on any atom is 0.321 e. The van der Waals surface area contributed by atoms with E-state index < -0.39 is 0 Å². The average Bonchev–Trinajstić information content (AvgIpc) is 3.31. The van der Waals surface area contributed by atoms with E-state index in [1.807, 2.05) is 25.1 Å². The Morgan fingerprint density at radius 3 is 2.43 bits per heavy atom. The SMILES string of the molecule is Cc1cc(Sc2ncccn2)ccc1NC(=O)N1CCN(C(=O)c2ccco2)CC1. The molecule has 0 radical (unpaired) electrons. The number of piperazine rings is 1. The molecular formula is C21H21N5O3S. The Morgan fingerprint density at radius 1 is 1.03 bits per heavy atom. The average molecular weight is 423 g/mol. The fourth-order valence-corrected chi connectivity index (χ4v) is 3.96. The van der Waals surface area contributed by atoms with E-state index in [9.17, 15) is 9.59 Å². The first kappa shape index (κ1) is 20.0. The van der Waals surface area contributed by atoms with Crippen LogP contribution in [0.3, 0.4) is 0 Å². The fraction of sp³-hybridized carbons (Fsp3) is 0.238. The third-order valence-electron chi connectivity index (χ3n) is 4.78. The van der Waals surface area contributed by atoms with Crippen molar-refractivity contribution in [2.75, 3.05) is 31.5 Å². The summed E-state index contributed by atoms with van der Waals surface area (Å²) in [6.07, 6.45) is 4.90. The molecule has 3 aromatic rings. The van der Waals surface area contributed by atoms with E-state index in [1.165, 1.54) is 18.0 Å². The Labute approximate surface area is 178 Å². The molecule has 3 heterocycles. The van der Waals surface area contributed by atoms with Crippen LogP contribution in [0.2, 0.25) is 0 Å². The topological polar surface area (TPSA) is 91.6 Å². The summed E-state index contributed by atoms with van der Waals surface area (Å²) < 4.78 is 5.17. The summed E-state index contributed by atoms with van der Waals surface area (Å²) >= 11 is 1.47. The van der Waals surface area contributed by atoms with Crippen molar-refractivity contribution in [2.45, 2.75) is 17.0 Å². The number of nitrogens with one attached hydrogen (secondary N) is 1. The summed E-state index contributed by atoms with van der Waals surface area (Å²) in [6.45, 7) is 3.83. The molecule has 154 valence electrons. The van der Waals surface area contributed by atoms with E-state index in [1.54, 1.807) is 40.4 Å². The molecule has 1 N–H and O–H groups in total. The zero-order chi connectivity index (χ0) is 20.9. The summed E-state index contributed by atoms with van der Waals surface area (Å²) in [5.41, 5.74) is 1.71. The minimum Gasteiger partial charge on any atom is -0.459 e. The van der Waals surface area contributed by atoms with Gasteiger partial charge in [-0.3, -0.25) is 4.79 Å². The Kier molecular flexibility index (Phi) is 5.99. The van der Waals surface area contributed by atoms with Crippen LogP contribution in [0.1, 0.15) is 16.1 Å². The molecule has 0 aliphatic carbocycles. The highest BCUT2D eigenvalue weighted by Crippen LogP contribution is 2.28. The quantitative estimate of drug-likeness (QED) is 0.646. The number of amides is 3. The van der Waals surface area contributed by atoms with Gasteiger partial charge in [-0.25, -0.2) is 14.8 Å². The van der Waals surface area contributed by atoms with Crippen molar-refractivity contribution in [2.24, 2.45) is 0 Å². The van der Waals surface area contributed by atoms with Gasteiger partial charge in [0.25, 0.3) is 5.91 Å². The van der Waals surface area contributed by atoms with Crippen LogP contribution < -0.4 is 5.32 Å². The summed E-state index contributed by atoms with van der Waals surface area (Å²) in [7, 11) is 0. The molecule has 0 spiro atoms. The van der Waals surface area contributed by atoms with E-state index in [2.05, 4.69) is 15.3 Å². The molecule has 2 aromatic heterocycles. The molecule has 0 saturated carbocycles. The van der Waals surface area contributed by atoms with Crippen molar-refractivity contribution >= 4 is 29.4 Å². The molecule has 8 nitrogen and oxygen atoms in total. The lowest BCUT2D eigenvalue weighted by molar-refractivity contribution is 0.0640. The Morgan fingerprint density at radius 2 is 1.77 bits per heavy atom. The van der Waals surface area contributed by atoms with Crippen LogP contribution in [0.4, 0.5) is 10.5 Å². The number of hydrogen-bond donors (Lipinski definition) is 1. The number of anilines is 1. The summed E-state index contributed by atoms with van der Waals surface area (Å²) in [5, 5.41) is 3.64. The van der Waals surface area contributed by atoms with Crippen LogP contribution in [-0.4, -0.2) is 57.9 Å². The van der Waals surface area contributed by atoms with Crippen molar-refractivity contribution in [3.05, 3.63) is 66.4 Å². The van der Waals surface area contributed by atoms with E-state index in [0.717, 1.165) is 16.1 Å². The second-order valence-corrected chi connectivity index (χ2v) is 7.84. The Hall–Kier alpha value is -3.33. The lowest BCUT2D eigenvalue weighted by atomic mass is 10.2. The fourth-order valence-electron chi connectivity index (χ4n) is 3.15. The molecule has 3 amide bonds. The number of urea groups is 1. The number of carbonyl (C=O) groups is 2. The van der Waals surface area contributed by atoms with Crippen molar-refractivity contribution in [1.29, 1.82) is 0 Å². The van der Waals surface area contributed by atoms with Gasteiger partial charge in [-0.15, -0.1) is 0 Å². The van der Waals surface area contributed by atoms with E-state index >= 15 is 0 Å².